The van der Waals surface area contributed by atoms with Crippen LogP contribution in [-0.4, -0.2) is 50.9 Å². The van der Waals surface area contributed by atoms with Crippen molar-refractivity contribution >= 4 is 17.6 Å². The van der Waals surface area contributed by atoms with Crippen LogP contribution in [0.2, 0.25) is 0 Å². The molecule has 2 N–H and O–H groups in total. The SMILES string of the molecule is Cc1cc(C(C)N2Cc3c(ccnc3NC(=O)C(C)O)C2=O)cnc1OCC(F)F. The van der Waals surface area contributed by atoms with E-state index in [9.17, 15) is 23.5 Å². The number of aryl methyl sites for hydroxylation is 1. The van der Waals surface area contributed by atoms with Gasteiger partial charge in [-0.2, -0.15) is 0 Å². The molecule has 3 heterocycles. The van der Waals surface area contributed by atoms with Crippen LogP contribution in [0.1, 0.15) is 46.9 Å². The lowest BCUT2D eigenvalue weighted by Crippen LogP contribution is -2.27. The van der Waals surface area contributed by atoms with Gasteiger partial charge in [0.25, 0.3) is 18.2 Å². The summed E-state index contributed by atoms with van der Waals surface area (Å²) >= 11 is 0. The summed E-state index contributed by atoms with van der Waals surface area (Å²) in [7, 11) is 0. The Hall–Kier alpha value is -3.14. The number of carbonyl (C=O) groups excluding carboxylic acids is 2. The summed E-state index contributed by atoms with van der Waals surface area (Å²) in [6.45, 7) is 4.32. The molecular weight excluding hydrogens is 398 g/mol. The lowest BCUT2D eigenvalue weighted by molar-refractivity contribution is -0.123. The number of aliphatic hydroxyl groups is 1. The molecule has 1 aliphatic heterocycles. The Morgan fingerprint density at radius 3 is 2.73 bits per heavy atom. The number of ether oxygens (including phenoxy) is 1. The Balaban J connectivity index is 1.80. The van der Waals surface area contributed by atoms with Gasteiger partial charge in [0.15, 0.2) is 6.61 Å². The van der Waals surface area contributed by atoms with Crippen LogP contribution in [0.5, 0.6) is 5.88 Å². The summed E-state index contributed by atoms with van der Waals surface area (Å²) < 4.78 is 29.7. The maximum absolute atomic E-state index is 12.9. The number of anilines is 1. The maximum atomic E-state index is 12.9. The standard InChI is InChI=1S/C20H22F2N4O4/c1-10-6-13(7-24-19(10)30-9-16(21)22)11(2)26-8-15-14(20(26)29)4-5-23-17(15)25-18(28)12(3)27/h4-7,11-12,16,27H,8-9H2,1-3H3,(H,23,25,28). The minimum Gasteiger partial charge on any atom is -0.471 e. The Morgan fingerprint density at radius 2 is 2.10 bits per heavy atom. The van der Waals surface area contributed by atoms with Gasteiger partial charge < -0.3 is 20.1 Å². The number of amides is 2. The van der Waals surface area contributed by atoms with Gasteiger partial charge in [0.2, 0.25) is 5.88 Å². The van der Waals surface area contributed by atoms with Crippen molar-refractivity contribution < 1.29 is 28.2 Å². The number of rotatable bonds is 7. The van der Waals surface area contributed by atoms with E-state index in [2.05, 4.69) is 15.3 Å². The van der Waals surface area contributed by atoms with Crippen LogP contribution in [0.15, 0.2) is 24.5 Å². The predicted molar refractivity (Wildman–Crippen MR) is 103 cm³/mol. The Kier molecular flexibility index (Phi) is 6.25. The molecule has 160 valence electrons. The molecule has 10 heteroatoms. The molecule has 0 saturated heterocycles. The van der Waals surface area contributed by atoms with E-state index >= 15 is 0 Å². The summed E-state index contributed by atoms with van der Waals surface area (Å²) in [4.78, 5) is 34.6. The largest absolute Gasteiger partial charge is 0.471 e. The number of fused-ring (bicyclic) bond motifs is 1. The molecule has 0 aliphatic carbocycles. The number of pyridine rings is 2. The minimum atomic E-state index is -2.59. The third kappa shape index (κ3) is 4.38. The molecular formula is C20H22F2N4O4. The quantitative estimate of drug-likeness (QED) is 0.713. The van der Waals surface area contributed by atoms with E-state index in [-0.39, 0.29) is 30.2 Å². The predicted octanol–water partition coefficient (Wildman–Crippen LogP) is 2.47. The first kappa shape index (κ1) is 21.6. The van der Waals surface area contributed by atoms with Crippen LogP contribution < -0.4 is 10.1 Å². The van der Waals surface area contributed by atoms with Gasteiger partial charge in [0.1, 0.15) is 11.9 Å². The minimum absolute atomic E-state index is 0.120. The number of halogens is 2. The maximum Gasteiger partial charge on any atom is 0.272 e. The summed E-state index contributed by atoms with van der Waals surface area (Å²) in [5.41, 5.74) is 2.26. The van der Waals surface area contributed by atoms with Gasteiger partial charge >= 0.3 is 0 Å². The Morgan fingerprint density at radius 1 is 1.37 bits per heavy atom. The van der Waals surface area contributed by atoms with E-state index < -0.39 is 25.0 Å². The summed E-state index contributed by atoms with van der Waals surface area (Å²) in [5.74, 6) is -0.502. The second kappa shape index (κ2) is 8.70. The number of carbonyl (C=O) groups is 2. The van der Waals surface area contributed by atoms with Gasteiger partial charge in [-0.25, -0.2) is 18.7 Å². The molecule has 2 unspecified atom stereocenters. The van der Waals surface area contributed by atoms with Crippen LogP contribution in [0, 0.1) is 6.92 Å². The van der Waals surface area contributed by atoms with E-state index in [0.29, 0.717) is 22.3 Å². The highest BCUT2D eigenvalue weighted by atomic mass is 19.3. The number of nitrogens with one attached hydrogen (secondary N) is 1. The normalized spacial score (nSPS) is 15.2. The average molecular weight is 420 g/mol. The van der Waals surface area contributed by atoms with Gasteiger partial charge in [-0.15, -0.1) is 0 Å². The molecule has 3 rings (SSSR count). The van der Waals surface area contributed by atoms with Crippen LogP contribution in [0.3, 0.4) is 0 Å². The van der Waals surface area contributed by atoms with E-state index in [1.54, 1.807) is 24.0 Å². The highest BCUT2D eigenvalue weighted by Gasteiger charge is 2.34. The highest BCUT2D eigenvalue weighted by Crippen LogP contribution is 2.34. The Labute approximate surface area is 171 Å². The molecule has 2 aromatic rings. The number of nitrogens with zero attached hydrogens (tertiary/aromatic N) is 3. The molecule has 0 aromatic carbocycles. The van der Waals surface area contributed by atoms with Gasteiger partial charge in [-0.3, -0.25) is 9.59 Å². The molecule has 0 bridgehead atoms. The van der Waals surface area contributed by atoms with E-state index in [1.807, 2.05) is 6.92 Å². The third-order valence-electron chi connectivity index (χ3n) is 4.84. The van der Waals surface area contributed by atoms with Crippen molar-refractivity contribution in [3.8, 4) is 5.88 Å². The first-order valence-corrected chi connectivity index (χ1v) is 9.34. The average Bonchev–Trinajstić information content (AvgIpc) is 3.04. The summed E-state index contributed by atoms with van der Waals surface area (Å²) in [6, 6.07) is 2.94. The fraction of sp³-hybridized carbons (Fsp3) is 0.400. The van der Waals surface area contributed by atoms with Crippen molar-refractivity contribution in [2.75, 3.05) is 11.9 Å². The number of hydrogen-bond donors (Lipinski definition) is 2. The van der Waals surface area contributed by atoms with Crippen molar-refractivity contribution in [1.82, 2.24) is 14.9 Å². The number of alkyl halides is 2. The summed E-state index contributed by atoms with van der Waals surface area (Å²) in [5, 5.41) is 11.9. The monoisotopic (exact) mass is 420 g/mol. The molecule has 8 nitrogen and oxygen atoms in total. The Bertz CT molecular complexity index is 968. The van der Waals surface area contributed by atoms with Crippen LogP contribution >= 0.6 is 0 Å². The van der Waals surface area contributed by atoms with Gasteiger partial charge in [-0.1, -0.05) is 0 Å². The zero-order valence-corrected chi connectivity index (χ0v) is 16.7. The van der Waals surface area contributed by atoms with Crippen molar-refractivity contribution in [2.45, 2.75) is 45.9 Å². The van der Waals surface area contributed by atoms with Crippen molar-refractivity contribution in [2.24, 2.45) is 0 Å². The molecule has 30 heavy (non-hydrogen) atoms. The molecule has 0 spiro atoms. The first-order valence-electron chi connectivity index (χ1n) is 9.34. The van der Waals surface area contributed by atoms with Crippen LogP contribution in [0.4, 0.5) is 14.6 Å². The fourth-order valence-corrected chi connectivity index (χ4v) is 3.18. The van der Waals surface area contributed by atoms with Gasteiger partial charge in [-0.05, 0) is 38.5 Å². The van der Waals surface area contributed by atoms with Gasteiger partial charge in [0, 0.05) is 29.1 Å². The molecule has 0 fully saturated rings. The van der Waals surface area contributed by atoms with Crippen molar-refractivity contribution in [3.63, 3.8) is 0 Å². The first-order chi connectivity index (χ1) is 14.2. The van der Waals surface area contributed by atoms with Crippen molar-refractivity contribution in [3.05, 3.63) is 46.8 Å². The number of hydrogen-bond acceptors (Lipinski definition) is 6. The molecule has 0 saturated carbocycles. The zero-order chi connectivity index (χ0) is 22.0. The zero-order valence-electron chi connectivity index (χ0n) is 16.7. The smallest absolute Gasteiger partial charge is 0.272 e. The molecule has 0 radical (unpaired) electrons. The molecule has 2 atom stereocenters. The van der Waals surface area contributed by atoms with Crippen LogP contribution in [0.25, 0.3) is 0 Å². The third-order valence-corrected chi connectivity index (χ3v) is 4.84. The van der Waals surface area contributed by atoms with Crippen molar-refractivity contribution in [1.29, 1.82) is 0 Å². The lowest BCUT2D eigenvalue weighted by Gasteiger charge is -2.25. The van der Waals surface area contributed by atoms with E-state index in [0.717, 1.165) is 0 Å². The molecule has 1 aliphatic rings. The molecule has 2 amide bonds. The highest BCUT2D eigenvalue weighted by molar-refractivity contribution is 6.02. The van der Waals surface area contributed by atoms with E-state index in [1.165, 1.54) is 19.3 Å². The number of aliphatic hydroxyl groups excluding tert-OH is 1. The lowest BCUT2D eigenvalue weighted by atomic mass is 10.1. The fourth-order valence-electron chi connectivity index (χ4n) is 3.18. The number of aromatic nitrogens is 2. The van der Waals surface area contributed by atoms with Crippen LogP contribution in [-0.2, 0) is 11.3 Å². The van der Waals surface area contributed by atoms with E-state index in [4.69, 9.17) is 4.74 Å². The second-order valence-electron chi connectivity index (χ2n) is 7.05. The second-order valence-corrected chi connectivity index (χ2v) is 7.05. The topological polar surface area (TPSA) is 105 Å². The summed E-state index contributed by atoms with van der Waals surface area (Å²) in [6.07, 6.45) is -0.899. The molecule has 2 aromatic heterocycles. The van der Waals surface area contributed by atoms with Gasteiger partial charge in [0.05, 0.1) is 12.6 Å².